The van der Waals surface area contributed by atoms with Gasteiger partial charge >= 0.3 is 6.09 Å². The third-order valence-electron chi connectivity index (χ3n) is 11.9. The van der Waals surface area contributed by atoms with Gasteiger partial charge in [0.1, 0.15) is 0 Å². The summed E-state index contributed by atoms with van der Waals surface area (Å²) in [6, 6.07) is -0.0904. The molecule has 0 aromatic heterocycles. The second-order valence-corrected chi connectivity index (χ2v) is 13.6. The summed E-state index contributed by atoms with van der Waals surface area (Å²) in [5.74, 6) is 3.28. The van der Waals surface area contributed by atoms with Crippen LogP contribution in [0.4, 0.5) is 4.79 Å². The van der Waals surface area contributed by atoms with Gasteiger partial charge in [0.25, 0.3) is 0 Å². The molecule has 4 saturated carbocycles. The van der Waals surface area contributed by atoms with Crippen molar-refractivity contribution in [3.8, 4) is 0 Å². The van der Waals surface area contributed by atoms with Crippen LogP contribution < -0.4 is 5.32 Å². The Bertz CT molecular complexity index is 762. The molecule has 36 heavy (non-hydrogen) atoms. The Balaban J connectivity index is 1.42. The lowest BCUT2D eigenvalue weighted by Gasteiger charge is -2.64. The second-order valence-electron chi connectivity index (χ2n) is 13.6. The summed E-state index contributed by atoms with van der Waals surface area (Å²) >= 11 is 0. The molecule has 4 fully saturated rings. The maximum absolute atomic E-state index is 12.1. The fourth-order valence-electron chi connectivity index (χ4n) is 9.98. The number of carbonyl (C=O) groups excluding carboxylic acids is 1. The Morgan fingerprint density at radius 1 is 1.00 bits per heavy atom. The first kappa shape index (κ1) is 28.2. The average molecular weight is 508 g/mol. The molecule has 4 aliphatic carbocycles. The third kappa shape index (κ3) is 4.96. The van der Waals surface area contributed by atoms with Gasteiger partial charge in [-0.1, -0.05) is 34.1 Å². The van der Waals surface area contributed by atoms with E-state index in [0.717, 1.165) is 32.1 Å². The summed E-state index contributed by atoms with van der Waals surface area (Å²) < 4.78 is 5.48. The smallest absolute Gasteiger partial charge is 0.407 e. The Hall–Kier alpha value is -0.850. The number of nitrogens with one attached hydrogen (secondary N) is 1. The number of carbonyl (C=O) groups is 1. The second kappa shape index (κ2) is 11.1. The predicted octanol–water partition coefficient (Wildman–Crippen LogP) is 5.14. The van der Waals surface area contributed by atoms with Gasteiger partial charge in [0, 0.05) is 12.6 Å². The Kier molecular flexibility index (Phi) is 8.68. The van der Waals surface area contributed by atoms with Gasteiger partial charge in [-0.15, -0.1) is 0 Å². The maximum atomic E-state index is 12.1. The van der Waals surface area contributed by atoms with E-state index in [4.69, 9.17) is 9.84 Å². The summed E-state index contributed by atoms with van der Waals surface area (Å²) in [7, 11) is 0. The van der Waals surface area contributed by atoms with Crippen molar-refractivity contribution in [1.29, 1.82) is 0 Å². The molecule has 12 atom stereocenters. The molecule has 0 spiro atoms. The topological polar surface area (TPSA) is 99.0 Å². The minimum atomic E-state index is -0.393. The third-order valence-corrected chi connectivity index (χ3v) is 11.9. The van der Waals surface area contributed by atoms with Gasteiger partial charge < -0.3 is 25.4 Å². The van der Waals surface area contributed by atoms with Crippen molar-refractivity contribution in [2.45, 2.75) is 117 Å². The molecule has 6 nitrogen and oxygen atoms in total. The van der Waals surface area contributed by atoms with Gasteiger partial charge in [-0.3, -0.25) is 0 Å². The van der Waals surface area contributed by atoms with E-state index < -0.39 is 6.09 Å². The van der Waals surface area contributed by atoms with E-state index >= 15 is 0 Å². The van der Waals surface area contributed by atoms with Crippen molar-refractivity contribution < 1.29 is 24.9 Å². The van der Waals surface area contributed by atoms with Crippen LogP contribution in [-0.4, -0.2) is 52.9 Å². The van der Waals surface area contributed by atoms with E-state index in [1.807, 2.05) is 6.92 Å². The first-order chi connectivity index (χ1) is 17.1. The highest BCUT2D eigenvalue weighted by atomic mass is 16.5. The van der Waals surface area contributed by atoms with E-state index in [1.165, 1.54) is 25.7 Å². The first-order valence-corrected chi connectivity index (χ1v) is 15.0. The highest BCUT2D eigenvalue weighted by Crippen LogP contribution is 2.69. The highest BCUT2D eigenvalue weighted by molar-refractivity contribution is 5.67. The van der Waals surface area contributed by atoms with Crippen LogP contribution in [0.5, 0.6) is 0 Å². The van der Waals surface area contributed by atoms with Crippen molar-refractivity contribution in [2.24, 2.45) is 52.3 Å². The molecule has 1 amide bonds. The van der Waals surface area contributed by atoms with E-state index in [1.54, 1.807) is 0 Å². The lowest BCUT2D eigenvalue weighted by atomic mass is 9.41. The van der Waals surface area contributed by atoms with Gasteiger partial charge in [-0.25, -0.2) is 4.79 Å². The molecule has 6 heteroatoms. The number of ether oxygens (including phenoxy) is 1. The maximum Gasteiger partial charge on any atom is 0.407 e. The number of fused-ring (bicyclic) bond motifs is 5. The van der Waals surface area contributed by atoms with Gasteiger partial charge in [-0.05, 0) is 117 Å². The standard InChI is InChI=1S/C30H53NO5/c1-6-21-25-17-20(33)9-13-30(25,5)24-10-14-29(4)22(7-8-23(29)26(24)27(21)34)18(2)12-16-36-28(35)31-19(3)11-15-32/h18-27,32-34H,6-17H2,1-5H3,(H,31,35)/t18-,19-,20-,21-,22-,23+,24+,25+,26+,27-,29-,30-/m1/s1. The zero-order valence-electron chi connectivity index (χ0n) is 23.4. The van der Waals surface area contributed by atoms with E-state index in [2.05, 4.69) is 33.0 Å². The van der Waals surface area contributed by atoms with Crippen LogP contribution >= 0.6 is 0 Å². The predicted molar refractivity (Wildman–Crippen MR) is 141 cm³/mol. The number of rotatable bonds is 8. The van der Waals surface area contributed by atoms with Crippen molar-refractivity contribution in [2.75, 3.05) is 13.2 Å². The quantitative estimate of drug-likeness (QED) is 0.365. The number of alkyl carbamates (subject to hydrolysis) is 1. The summed E-state index contributed by atoms with van der Waals surface area (Å²) in [6.45, 7) is 11.9. The van der Waals surface area contributed by atoms with Crippen LogP contribution in [-0.2, 0) is 4.74 Å². The average Bonchev–Trinajstić information content (AvgIpc) is 3.17. The van der Waals surface area contributed by atoms with E-state index in [-0.39, 0.29) is 35.7 Å². The zero-order valence-corrected chi connectivity index (χ0v) is 23.4. The molecule has 0 radical (unpaired) electrons. The molecule has 0 unspecified atom stereocenters. The monoisotopic (exact) mass is 507 g/mol. The molecule has 4 aliphatic rings. The number of hydrogen-bond donors (Lipinski definition) is 4. The molecule has 0 saturated heterocycles. The summed E-state index contributed by atoms with van der Waals surface area (Å²) in [5, 5.41) is 34.1. The van der Waals surface area contributed by atoms with E-state index in [0.29, 0.717) is 54.5 Å². The zero-order chi connectivity index (χ0) is 26.3. The summed E-state index contributed by atoms with van der Waals surface area (Å²) in [4.78, 5) is 12.1. The van der Waals surface area contributed by atoms with Crippen LogP contribution in [0, 0.1) is 52.3 Å². The van der Waals surface area contributed by atoms with Crippen LogP contribution in [0.3, 0.4) is 0 Å². The molecule has 0 bridgehead atoms. The van der Waals surface area contributed by atoms with Crippen LogP contribution in [0.2, 0.25) is 0 Å². The van der Waals surface area contributed by atoms with Crippen LogP contribution in [0.15, 0.2) is 0 Å². The van der Waals surface area contributed by atoms with Crippen molar-refractivity contribution in [1.82, 2.24) is 5.32 Å². The Morgan fingerprint density at radius 2 is 1.69 bits per heavy atom. The van der Waals surface area contributed by atoms with Gasteiger partial charge in [0.15, 0.2) is 0 Å². The molecule has 0 aromatic carbocycles. The van der Waals surface area contributed by atoms with Gasteiger partial charge in [0.2, 0.25) is 0 Å². The SMILES string of the molecule is CC[C@H]1[C@@H](O)[C@@H]2[C@H](CC[C@]3(C)[C@@H]([C@H](C)CCOC(=O)N[C@H](C)CCO)CC[C@@H]23)[C@@]2(C)CC[C@@H](O)C[C@@H]12. The molecular weight excluding hydrogens is 454 g/mol. The Labute approximate surface area is 219 Å². The minimum Gasteiger partial charge on any atom is -0.450 e. The fourth-order valence-corrected chi connectivity index (χ4v) is 9.98. The lowest BCUT2D eigenvalue weighted by molar-refractivity contribution is -0.203. The number of aliphatic hydroxyl groups is 3. The molecule has 0 heterocycles. The van der Waals surface area contributed by atoms with Gasteiger partial charge in [-0.2, -0.15) is 0 Å². The van der Waals surface area contributed by atoms with E-state index in [9.17, 15) is 15.0 Å². The molecule has 0 aromatic rings. The molecular formula is C30H53NO5. The molecule has 4 rings (SSSR count). The summed E-state index contributed by atoms with van der Waals surface area (Å²) in [6.07, 6.45) is 9.23. The fraction of sp³-hybridized carbons (Fsp3) is 0.967. The molecule has 4 N–H and O–H groups in total. The lowest BCUT2D eigenvalue weighted by Crippen LogP contribution is -2.62. The number of aliphatic hydroxyl groups excluding tert-OH is 3. The van der Waals surface area contributed by atoms with Crippen molar-refractivity contribution in [3.05, 3.63) is 0 Å². The summed E-state index contributed by atoms with van der Waals surface area (Å²) in [5.41, 5.74) is 0.471. The van der Waals surface area contributed by atoms with Crippen molar-refractivity contribution in [3.63, 3.8) is 0 Å². The molecule has 0 aliphatic heterocycles. The van der Waals surface area contributed by atoms with Crippen LogP contribution in [0.25, 0.3) is 0 Å². The normalized spacial score (nSPS) is 45.7. The number of amides is 1. The highest BCUT2D eigenvalue weighted by Gasteiger charge is 2.64. The van der Waals surface area contributed by atoms with Gasteiger partial charge in [0.05, 0.1) is 18.8 Å². The van der Waals surface area contributed by atoms with Crippen molar-refractivity contribution >= 4 is 6.09 Å². The first-order valence-electron chi connectivity index (χ1n) is 15.0. The minimum absolute atomic E-state index is 0.0528. The molecule has 208 valence electrons. The largest absolute Gasteiger partial charge is 0.450 e. The van der Waals surface area contributed by atoms with Crippen LogP contribution in [0.1, 0.15) is 98.8 Å². The Morgan fingerprint density at radius 3 is 2.39 bits per heavy atom. The number of hydrogen-bond acceptors (Lipinski definition) is 5.